The molecule has 0 fully saturated rings. The molecule has 4 heteroatoms. The Bertz CT molecular complexity index is 581. The van der Waals surface area contributed by atoms with Gasteiger partial charge in [0.1, 0.15) is 11.6 Å². The van der Waals surface area contributed by atoms with Crippen LogP contribution in [0.4, 0.5) is 4.39 Å². The Balaban J connectivity index is 2.54. The average molecular weight is 215 g/mol. The number of nitrogens with zero attached hydrogens (tertiary/aromatic N) is 1. The van der Waals surface area contributed by atoms with Gasteiger partial charge in [0.2, 0.25) is 0 Å². The topological polar surface area (TPSA) is 54.0 Å². The standard InChI is InChI=1S/C12H6FNO2/c13-11-3-1-8(6-14)5-10(11)12-4-2-9(7-15)16-12/h1-5,7H. The average Bonchev–Trinajstić information content (AvgIpc) is 2.78. The van der Waals surface area contributed by atoms with Crippen molar-refractivity contribution in [3.05, 3.63) is 47.5 Å². The molecule has 0 aliphatic heterocycles. The van der Waals surface area contributed by atoms with E-state index in [1.54, 1.807) is 0 Å². The second-order valence-electron chi connectivity index (χ2n) is 3.13. The van der Waals surface area contributed by atoms with E-state index in [1.165, 1.54) is 30.3 Å². The van der Waals surface area contributed by atoms with Crippen LogP contribution in [0.15, 0.2) is 34.7 Å². The van der Waals surface area contributed by atoms with Crippen LogP contribution in [0, 0.1) is 17.1 Å². The number of furan rings is 1. The maximum atomic E-state index is 13.4. The van der Waals surface area contributed by atoms with Crippen LogP contribution in [0.25, 0.3) is 11.3 Å². The molecule has 16 heavy (non-hydrogen) atoms. The normalized spacial score (nSPS) is 9.75. The Kier molecular flexibility index (Phi) is 2.52. The van der Waals surface area contributed by atoms with Crippen molar-refractivity contribution in [2.75, 3.05) is 0 Å². The van der Waals surface area contributed by atoms with Gasteiger partial charge in [0.05, 0.1) is 17.2 Å². The molecule has 1 heterocycles. The molecule has 0 N–H and O–H groups in total. The van der Waals surface area contributed by atoms with E-state index in [0.29, 0.717) is 11.8 Å². The third-order valence-corrected chi connectivity index (χ3v) is 2.10. The summed E-state index contributed by atoms with van der Waals surface area (Å²) < 4.78 is 18.5. The highest BCUT2D eigenvalue weighted by Crippen LogP contribution is 2.25. The first-order valence-electron chi connectivity index (χ1n) is 4.49. The van der Waals surface area contributed by atoms with Crippen LogP contribution < -0.4 is 0 Å². The Morgan fingerprint density at radius 3 is 2.75 bits per heavy atom. The molecule has 0 saturated heterocycles. The van der Waals surface area contributed by atoms with E-state index in [0.717, 1.165) is 0 Å². The fourth-order valence-corrected chi connectivity index (χ4v) is 1.34. The Morgan fingerprint density at radius 1 is 1.31 bits per heavy atom. The summed E-state index contributed by atoms with van der Waals surface area (Å²) >= 11 is 0. The molecular weight excluding hydrogens is 209 g/mol. The van der Waals surface area contributed by atoms with E-state index in [9.17, 15) is 9.18 Å². The fraction of sp³-hybridized carbons (Fsp3) is 0. The van der Waals surface area contributed by atoms with Crippen molar-refractivity contribution in [1.82, 2.24) is 0 Å². The maximum Gasteiger partial charge on any atom is 0.185 e. The van der Waals surface area contributed by atoms with Crippen LogP contribution >= 0.6 is 0 Å². The van der Waals surface area contributed by atoms with Crippen molar-refractivity contribution >= 4 is 6.29 Å². The first-order chi connectivity index (χ1) is 7.74. The number of rotatable bonds is 2. The lowest BCUT2D eigenvalue weighted by Crippen LogP contribution is -1.84. The van der Waals surface area contributed by atoms with Gasteiger partial charge in [0, 0.05) is 0 Å². The number of carbonyl (C=O) groups excluding carboxylic acids is 1. The highest BCUT2D eigenvalue weighted by molar-refractivity contribution is 5.73. The lowest BCUT2D eigenvalue weighted by molar-refractivity contribution is 0.110. The van der Waals surface area contributed by atoms with Gasteiger partial charge < -0.3 is 4.42 Å². The van der Waals surface area contributed by atoms with Crippen molar-refractivity contribution in [2.45, 2.75) is 0 Å². The van der Waals surface area contributed by atoms with E-state index < -0.39 is 5.82 Å². The Labute approximate surface area is 90.7 Å². The molecule has 0 radical (unpaired) electrons. The van der Waals surface area contributed by atoms with Crippen molar-refractivity contribution in [3.8, 4) is 17.4 Å². The van der Waals surface area contributed by atoms with Gasteiger partial charge in [-0.25, -0.2) is 4.39 Å². The van der Waals surface area contributed by atoms with Crippen LogP contribution in [-0.4, -0.2) is 6.29 Å². The van der Waals surface area contributed by atoms with E-state index in [4.69, 9.17) is 9.68 Å². The third kappa shape index (κ3) is 1.71. The molecule has 0 bridgehead atoms. The molecule has 0 saturated carbocycles. The lowest BCUT2D eigenvalue weighted by Gasteiger charge is -1.99. The summed E-state index contributed by atoms with van der Waals surface area (Å²) in [4.78, 5) is 10.4. The number of halogens is 1. The highest BCUT2D eigenvalue weighted by atomic mass is 19.1. The van der Waals surface area contributed by atoms with Crippen LogP contribution in [0.2, 0.25) is 0 Å². The zero-order chi connectivity index (χ0) is 11.5. The first kappa shape index (κ1) is 10.1. The molecule has 78 valence electrons. The van der Waals surface area contributed by atoms with Gasteiger partial charge in [0.15, 0.2) is 12.0 Å². The summed E-state index contributed by atoms with van der Waals surface area (Å²) in [5, 5.41) is 8.69. The van der Waals surface area contributed by atoms with E-state index in [-0.39, 0.29) is 17.1 Å². The lowest BCUT2D eigenvalue weighted by atomic mass is 10.1. The van der Waals surface area contributed by atoms with Crippen molar-refractivity contribution in [1.29, 1.82) is 5.26 Å². The number of hydrogen-bond donors (Lipinski definition) is 0. The van der Waals surface area contributed by atoms with Gasteiger partial charge in [-0.15, -0.1) is 0 Å². The highest BCUT2D eigenvalue weighted by Gasteiger charge is 2.10. The van der Waals surface area contributed by atoms with Crippen molar-refractivity contribution in [3.63, 3.8) is 0 Å². The molecule has 0 atom stereocenters. The summed E-state index contributed by atoms with van der Waals surface area (Å²) in [6.07, 6.45) is 0.537. The predicted molar refractivity (Wildman–Crippen MR) is 54.2 cm³/mol. The van der Waals surface area contributed by atoms with Gasteiger partial charge >= 0.3 is 0 Å². The second kappa shape index (κ2) is 3.99. The largest absolute Gasteiger partial charge is 0.453 e. The molecule has 0 aliphatic carbocycles. The minimum absolute atomic E-state index is 0.122. The third-order valence-electron chi connectivity index (χ3n) is 2.10. The minimum atomic E-state index is -0.495. The summed E-state index contributed by atoms with van der Waals surface area (Å²) in [7, 11) is 0. The molecule has 0 aliphatic rings. The van der Waals surface area contributed by atoms with Gasteiger partial charge in [-0.05, 0) is 30.3 Å². The molecule has 2 rings (SSSR count). The van der Waals surface area contributed by atoms with Crippen molar-refractivity contribution in [2.24, 2.45) is 0 Å². The number of aldehydes is 1. The van der Waals surface area contributed by atoms with Crippen LogP contribution in [0.5, 0.6) is 0 Å². The molecule has 2 aromatic rings. The van der Waals surface area contributed by atoms with E-state index >= 15 is 0 Å². The van der Waals surface area contributed by atoms with Crippen molar-refractivity contribution < 1.29 is 13.6 Å². The Hall–Kier alpha value is -2.41. The molecule has 0 amide bonds. The second-order valence-corrected chi connectivity index (χ2v) is 3.13. The molecule has 1 aromatic heterocycles. The smallest absolute Gasteiger partial charge is 0.185 e. The summed E-state index contributed by atoms with van der Waals surface area (Å²) in [5.74, 6) is -0.140. The summed E-state index contributed by atoms with van der Waals surface area (Å²) in [6.45, 7) is 0. The number of nitriles is 1. The molecule has 0 unspecified atom stereocenters. The SMILES string of the molecule is N#Cc1ccc(F)c(-c2ccc(C=O)o2)c1. The van der Waals surface area contributed by atoms with Crippen LogP contribution in [-0.2, 0) is 0 Å². The van der Waals surface area contributed by atoms with E-state index in [1.807, 2.05) is 6.07 Å². The monoisotopic (exact) mass is 215 g/mol. The number of benzene rings is 1. The Morgan fingerprint density at radius 2 is 2.12 bits per heavy atom. The zero-order valence-electron chi connectivity index (χ0n) is 8.11. The van der Waals surface area contributed by atoms with Gasteiger partial charge in [0.25, 0.3) is 0 Å². The summed E-state index contributed by atoms with van der Waals surface area (Å²) in [6, 6.07) is 8.79. The minimum Gasteiger partial charge on any atom is -0.453 e. The quantitative estimate of drug-likeness (QED) is 0.723. The number of hydrogen-bond acceptors (Lipinski definition) is 3. The molecule has 1 aromatic carbocycles. The maximum absolute atomic E-state index is 13.4. The van der Waals surface area contributed by atoms with E-state index in [2.05, 4.69) is 0 Å². The molecular formula is C12H6FNO2. The first-order valence-corrected chi connectivity index (χ1v) is 4.49. The van der Waals surface area contributed by atoms with Crippen LogP contribution in [0.1, 0.15) is 16.1 Å². The summed E-state index contributed by atoms with van der Waals surface area (Å²) in [5.41, 5.74) is 0.507. The predicted octanol–water partition coefficient (Wildman–Crippen LogP) is 2.77. The van der Waals surface area contributed by atoms with Gasteiger partial charge in [-0.2, -0.15) is 5.26 Å². The fourth-order valence-electron chi connectivity index (χ4n) is 1.34. The van der Waals surface area contributed by atoms with Gasteiger partial charge in [-0.1, -0.05) is 0 Å². The van der Waals surface area contributed by atoms with Gasteiger partial charge in [-0.3, -0.25) is 4.79 Å². The molecule has 0 spiro atoms. The zero-order valence-corrected chi connectivity index (χ0v) is 8.11. The number of carbonyl (C=O) groups is 1. The van der Waals surface area contributed by atoms with Crippen LogP contribution in [0.3, 0.4) is 0 Å². The molecule has 3 nitrogen and oxygen atoms in total.